The average molecular weight is 263 g/mol. The number of hydrogen-bond acceptors (Lipinski definition) is 3. The van der Waals surface area contributed by atoms with Crippen molar-refractivity contribution in [2.24, 2.45) is 0 Å². The molecule has 0 aliphatic rings. The zero-order valence-corrected chi connectivity index (χ0v) is 12.6. The smallest absolute Gasteiger partial charge is 0.322 e. The predicted molar refractivity (Wildman–Crippen MR) is 78.2 cm³/mol. The van der Waals surface area contributed by atoms with Crippen LogP contribution < -0.4 is 5.32 Å². The van der Waals surface area contributed by atoms with Gasteiger partial charge in [0.25, 0.3) is 0 Å². The van der Waals surface area contributed by atoms with Crippen molar-refractivity contribution in [2.45, 2.75) is 52.6 Å². The Labute approximate surface area is 116 Å². The van der Waals surface area contributed by atoms with E-state index in [0.717, 1.165) is 0 Å². The quantitative estimate of drug-likeness (QED) is 0.799. The number of nitrogens with one attached hydrogen (secondary N) is 1. The number of carbonyl (C=O) groups is 1. The van der Waals surface area contributed by atoms with Gasteiger partial charge in [0.1, 0.15) is 6.04 Å². The van der Waals surface area contributed by atoms with E-state index in [9.17, 15) is 4.79 Å². The molecule has 19 heavy (non-hydrogen) atoms. The summed E-state index contributed by atoms with van der Waals surface area (Å²) in [6.45, 7) is 10.5. The molecule has 106 valence electrons. The summed E-state index contributed by atoms with van der Waals surface area (Å²) in [7, 11) is 0. The molecule has 0 bridgehead atoms. The number of benzene rings is 1. The van der Waals surface area contributed by atoms with Gasteiger partial charge in [-0.25, -0.2) is 0 Å². The van der Waals surface area contributed by atoms with Gasteiger partial charge in [0, 0.05) is 6.04 Å². The summed E-state index contributed by atoms with van der Waals surface area (Å²) in [5.41, 5.74) is 2.51. The van der Waals surface area contributed by atoms with Crippen LogP contribution in [0.15, 0.2) is 24.3 Å². The van der Waals surface area contributed by atoms with Gasteiger partial charge in [-0.15, -0.1) is 0 Å². The van der Waals surface area contributed by atoms with Crippen LogP contribution in [0, 0.1) is 0 Å². The average Bonchev–Trinajstić information content (AvgIpc) is 2.38. The maximum atomic E-state index is 11.6. The van der Waals surface area contributed by atoms with Crippen LogP contribution in [0.1, 0.15) is 57.7 Å². The summed E-state index contributed by atoms with van der Waals surface area (Å²) in [5, 5.41) is 3.25. The van der Waals surface area contributed by atoms with Crippen molar-refractivity contribution >= 4 is 5.97 Å². The third-order valence-electron chi connectivity index (χ3n) is 3.24. The van der Waals surface area contributed by atoms with Crippen molar-refractivity contribution in [1.29, 1.82) is 0 Å². The molecule has 2 unspecified atom stereocenters. The molecule has 0 aliphatic heterocycles. The van der Waals surface area contributed by atoms with E-state index in [1.807, 2.05) is 13.8 Å². The van der Waals surface area contributed by atoms with Crippen molar-refractivity contribution in [3.63, 3.8) is 0 Å². The summed E-state index contributed by atoms with van der Waals surface area (Å²) in [5.74, 6) is 0.337. The Balaban J connectivity index is 2.62. The van der Waals surface area contributed by atoms with E-state index in [4.69, 9.17) is 4.74 Å². The summed E-state index contributed by atoms with van der Waals surface area (Å²) in [4.78, 5) is 11.6. The Morgan fingerprint density at radius 3 is 2.11 bits per heavy atom. The first-order valence-corrected chi connectivity index (χ1v) is 6.98. The number of ether oxygens (including phenoxy) is 1. The van der Waals surface area contributed by atoms with Gasteiger partial charge < -0.3 is 4.74 Å². The van der Waals surface area contributed by atoms with Crippen LogP contribution in [0.5, 0.6) is 0 Å². The lowest BCUT2D eigenvalue weighted by Gasteiger charge is -2.19. The largest absolute Gasteiger partial charge is 0.465 e. The van der Waals surface area contributed by atoms with Gasteiger partial charge in [-0.3, -0.25) is 10.1 Å². The van der Waals surface area contributed by atoms with Crippen LogP contribution in [0.4, 0.5) is 0 Å². The molecular weight excluding hydrogens is 238 g/mol. The lowest BCUT2D eigenvalue weighted by molar-refractivity contribution is -0.145. The summed E-state index contributed by atoms with van der Waals surface area (Å²) in [6, 6.07) is 8.36. The van der Waals surface area contributed by atoms with Gasteiger partial charge in [0.15, 0.2) is 0 Å². The first-order chi connectivity index (χ1) is 8.95. The number of rotatable bonds is 6. The van der Waals surface area contributed by atoms with E-state index in [1.54, 1.807) is 0 Å². The van der Waals surface area contributed by atoms with Crippen LogP contribution in [0.3, 0.4) is 0 Å². The molecule has 1 rings (SSSR count). The third-order valence-corrected chi connectivity index (χ3v) is 3.24. The van der Waals surface area contributed by atoms with Gasteiger partial charge in [0.05, 0.1) is 6.61 Å². The van der Waals surface area contributed by atoms with E-state index in [0.29, 0.717) is 12.5 Å². The first-order valence-electron chi connectivity index (χ1n) is 6.98. The molecule has 0 aliphatic carbocycles. The third kappa shape index (κ3) is 4.67. The van der Waals surface area contributed by atoms with Crippen LogP contribution in [-0.2, 0) is 9.53 Å². The fourth-order valence-electron chi connectivity index (χ4n) is 1.98. The fraction of sp³-hybridized carbons (Fsp3) is 0.562. The number of esters is 1. The van der Waals surface area contributed by atoms with Crippen LogP contribution in [0.25, 0.3) is 0 Å². The SMILES string of the molecule is CCOC(=O)C(C)NC(C)c1ccc(C(C)C)cc1. The molecule has 0 saturated heterocycles. The molecule has 0 aromatic heterocycles. The van der Waals surface area contributed by atoms with Crippen molar-refractivity contribution in [3.8, 4) is 0 Å². The van der Waals surface area contributed by atoms with Gasteiger partial charge in [0.2, 0.25) is 0 Å². The molecule has 0 heterocycles. The van der Waals surface area contributed by atoms with Crippen LogP contribution in [0.2, 0.25) is 0 Å². The molecule has 1 N–H and O–H groups in total. The Morgan fingerprint density at radius 2 is 1.63 bits per heavy atom. The van der Waals surface area contributed by atoms with Crippen LogP contribution in [-0.4, -0.2) is 18.6 Å². The van der Waals surface area contributed by atoms with E-state index >= 15 is 0 Å². The standard InChI is InChI=1S/C16H25NO2/c1-6-19-16(18)13(5)17-12(4)15-9-7-14(8-10-15)11(2)3/h7-13,17H,6H2,1-5H3. The highest BCUT2D eigenvalue weighted by Crippen LogP contribution is 2.18. The van der Waals surface area contributed by atoms with E-state index < -0.39 is 0 Å². The second kappa shape index (κ2) is 7.29. The maximum absolute atomic E-state index is 11.6. The predicted octanol–water partition coefficient (Wildman–Crippen LogP) is 3.41. The summed E-state index contributed by atoms with van der Waals surface area (Å²) < 4.78 is 4.99. The minimum atomic E-state index is -0.292. The highest BCUT2D eigenvalue weighted by atomic mass is 16.5. The highest BCUT2D eigenvalue weighted by Gasteiger charge is 2.17. The molecule has 0 amide bonds. The van der Waals surface area contributed by atoms with Gasteiger partial charge in [-0.05, 0) is 37.8 Å². The lowest BCUT2D eigenvalue weighted by Crippen LogP contribution is -2.37. The Hall–Kier alpha value is -1.35. The topological polar surface area (TPSA) is 38.3 Å². The molecule has 3 nitrogen and oxygen atoms in total. The van der Waals surface area contributed by atoms with Crippen LogP contribution >= 0.6 is 0 Å². The van der Waals surface area contributed by atoms with Crippen molar-refractivity contribution in [1.82, 2.24) is 5.32 Å². The minimum absolute atomic E-state index is 0.126. The molecule has 0 saturated carbocycles. The Kier molecular flexibility index (Phi) is 6.03. The van der Waals surface area contributed by atoms with E-state index in [2.05, 4.69) is 50.4 Å². The molecular formula is C16H25NO2. The van der Waals surface area contributed by atoms with Crippen molar-refractivity contribution in [3.05, 3.63) is 35.4 Å². The molecule has 3 heteroatoms. The Bertz CT molecular complexity index is 398. The molecule has 0 spiro atoms. The van der Waals surface area contributed by atoms with E-state index in [1.165, 1.54) is 11.1 Å². The lowest BCUT2D eigenvalue weighted by atomic mass is 9.99. The first kappa shape index (κ1) is 15.7. The molecule has 2 atom stereocenters. The highest BCUT2D eigenvalue weighted by molar-refractivity contribution is 5.75. The van der Waals surface area contributed by atoms with E-state index in [-0.39, 0.29) is 18.1 Å². The zero-order chi connectivity index (χ0) is 14.4. The number of carbonyl (C=O) groups excluding carboxylic acids is 1. The second-order valence-electron chi connectivity index (χ2n) is 5.18. The minimum Gasteiger partial charge on any atom is -0.465 e. The van der Waals surface area contributed by atoms with Gasteiger partial charge in [-0.1, -0.05) is 38.1 Å². The molecule has 0 fully saturated rings. The monoisotopic (exact) mass is 263 g/mol. The Morgan fingerprint density at radius 1 is 1.11 bits per heavy atom. The van der Waals surface area contributed by atoms with Crippen molar-refractivity contribution < 1.29 is 9.53 Å². The summed E-state index contributed by atoms with van der Waals surface area (Å²) >= 11 is 0. The molecule has 1 aromatic rings. The maximum Gasteiger partial charge on any atom is 0.322 e. The zero-order valence-electron chi connectivity index (χ0n) is 12.6. The molecule has 1 aromatic carbocycles. The normalized spacial score (nSPS) is 14.2. The fourth-order valence-corrected chi connectivity index (χ4v) is 1.98. The van der Waals surface area contributed by atoms with Gasteiger partial charge >= 0.3 is 5.97 Å². The van der Waals surface area contributed by atoms with Gasteiger partial charge in [-0.2, -0.15) is 0 Å². The second-order valence-corrected chi connectivity index (χ2v) is 5.18. The number of hydrogen-bond donors (Lipinski definition) is 1. The van der Waals surface area contributed by atoms with Crippen molar-refractivity contribution in [2.75, 3.05) is 6.61 Å². The summed E-state index contributed by atoms with van der Waals surface area (Å²) in [6.07, 6.45) is 0. The molecule has 0 radical (unpaired) electrons.